The normalized spacial score (nSPS) is 11.3. The Bertz CT molecular complexity index is 793. The number of hydrogen-bond acceptors (Lipinski definition) is 3. The summed E-state index contributed by atoms with van der Waals surface area (Å²) in [6, 6.07) is 3.70. The molecule has 6 nitrogen and oxygen atoms in total. The van der Waals surface area contributed by atoms with Crippen molar-refractivity contribution in [2.45, 2.75) is 6.92 Å². The minimum absolute atomic E-state index is 0.125. The number of aryl methyl sites for hydroxylation is 3. The summed E-state index contributed by atoms with van der Waals surface area (Å²) >= 11 is 0. The van der Waals surface area contributed by atoms with Gasteiger partial charge in [0.25, 0.3) is 5.56 Å². The second-order valence-electron chi connectivity index (χ2n) is 4.35. The Morgan fingerprint density at radius 3 is 2.72 bits per heavy atom. The van der Waals surface area contributed by atoms with Crippen LogP contribution in [0.15, 0.2) is 29.3 Å². The van der Waals surface area contributed by atoms with E-state index in [0.717, 1.165) is 17.0 Å². The zero-order valence-electron chi connectivity index (χ0n) is 10.5. The van der Waals surface area contributed by atoms with Crippen LogP contribution in [0.3, 0.4) is 0 Å². The highest BCUT2D eigenvalue weighted by Gasteiger charge is 2.13. The molecule has 0 aliphatic heterocycles. The molecule has 0 aromatic carbocycles. The van der Waals surface area contributed by atoms with Crippen LogP contribution in [0, 0.1) is 6.92 Å². The average molecular weight is 243 g/mol. The van der Waals surface area contributed by atoms with Crippen LogP contribution in [0.5, 0.6) is 0 Å². The minimum atomic E-state index is -0.125. The smallest absolute Gasteiger partial charge is 0.283 e. The number of rotatable bonds is 1. The van der Waals surface area contributed by atoms with Gasteiger partial charge in [0.1, 0.15) is 5.65 Å². The third kappa shape index (κ3) is 1.38. The van der Waals surface area contributed by atoms with E-state index in [-0.39, 0.29) is 5.56 Å². The van der Waals surface area contributed by atoms with E-state index in [1.807, 2.05) is 43.9 Å². The fourth-order valence-electron chi connectivity index (χ4n) is 2.13. The Morgan fingerprint density at radius 2 is 2.06 bits per heavy atom. The van der Waals surface area contributed by atoms with E-state index in [0.29, 0.717) is 5.56 Å². The summed E-state index contributed by atoms with van der Waals surface area (Å²) in [6.07, 6.45) is 3.49. The maximum Gasteiger partial charge on any atom is 0.283 e. The van der Waals surface area contributed by atoms with Crippen molar-refractivity contribution in [1.29, 1.82) is 0 Å². The van der Waals surface area contributed by atoms with E-state index in [4.69, 9.17) is 0 Å². The van der Waals surface area contributed by atoms with E-state index in [2.05, 4.69) is 10.2 Å². The van der Waals surface area contributed by atoms with Gasteiger partial charge in [-0.25, -0.2) is 0 Å². The van der Waals surface area contributed by atoms with Crippen LogP contribution in [0.25, 0.3) is 16.9 Å². The molecule has 0 fully saturated rings. The first-order valence-electron chi connectivity index (χ1n) is 5.62. The summed E-state index contributed by atoms with van der Waals surface area (Å²) in [5.41, 5.74) is 2.85. The Hall–Kier alpha value is -2.37. The molecule has 0 radical (unpaired) electrons. The summed E-state index contributed by atoms with van der Waals surface area (Å²) in [5, 5.41) is 8.32. The minimum Gasteiger partial charge on any atom is -0.335 e. The molecule has 0 aliphatic rings. The van der Waals surface area contributed by atoms with E-state index >= 15 is 0 Å². The van der Waals surface area contributed by atoms with E-state index in [9.17, 15) is 4.79 Å². The molecule has 0 saturated carbocycles. The largest absolute Gasteiger partial charge is 0.335 e. The van der Waals surface area contributed by atoms with Gasteiger partial charge in [-0.2, -0.15) is 14.7 Å². The second-order valence-corrected chi connectivity index (χ2v) is 4.35. The standard InChI is InChI=1S/C12H13N5O/c1-8-6-11-15(2)7-9(12(18)17(11)14-8)10-4-5-13-16(10)3/h4-7H,1-3H3. The predicted octanol–water partition coefficient (Wildman–Crippen LogP) is 0.742. The van der Waals surface area contributed by atoms with Crippen molar-refractivity contribution in [2.75, 3.05) is 0 Å². The SMILES string of the molecule is Cc1cc2n(C)cc(-c3ccnn3C)c(=O)n2n1. The molecule has 3 heterocycles. The van der Waals surface area contributed by atoms with Crippen molar-refractivity contribution in [1.82, 2.24) is 24.0 Å². The fourth-order valence-corrected chi connectivity index (χ4v) is 2.13. The summed E-state index contributed by atoms with van der Waals surface area (Å²) in [4.78, 5) is 12.4. The first-order valence-corrected chi connectivity index (χ1v) is 5.62. The topological polar surface area (TPSA) is 57.1 Å². The predicted molar refractivity (Wildman–Crippen MR) is 67.4 cm³/mol. The van der Waals surface area contributed by atoms with Gasteiger partial charge in [0.15, 0.2) is 0 Å². The van der Waals surface area contributed by atoms with E-state index < -0.39 is 0 Å². The van der Waals surface area contributed by atoms with Crippen molar-refractivity contribution >= 4 is 5.65 Å². The van der Waals surface area contributed by atoms with E-state index in [1.165, 1.54) is 4.52 Å². The van der Waals surface area contributed by atoms with Crippen molar-refractivity contribution in [3.63, 3.8) is 0 Å². The Kier molecular flexibility index (Phi) is 2.13. The third-order valence-electron chi connectivity index (χ3n) is 3.02. The second kappa shape index (κ2) is 3.56. The zero-order valence-corrected chi connectivity index (χ0v) is 10.5. The molecule has 0 saturated heterocycles. The molecule has 92 valence electrons. The van der Waals surface area contributed by atoms with Gasteiger partial charge in [-0.15, -0.1) is 0 Å². The summed E-state index contributed by atoms with van der Waals surface area (Å²) in [6.45, 7) is 1.87. The molecule has 0 bridgehead atoms. The number of hydrogen-bond donors (Lipinski definition) is 0. The molecule has 0 aliphatic carbocycles. The average Bonchev–Trinajstić information content (AvgIpc) is 2.90. The molecule has 3 rings (SSSR count). The lowest BCUT2D eigenvalue weighted by Gasteiger charge is -2.06. The van der Waals surface area contributed by atoms with Gasteiger partial charge in [0.2, 0.25) is 0 Å². The van der Waals surface area contributed by atoms with Crippen LogP contribution < -0.4 is 5.56 Å². The molecular weight excluding hydrogens is 230 g/mol. The molecule has 3 aromatic rings. The molecule has 6 heteroatoms. The van der Waals surface area contributed by atoms with Gasteiger partial charge in [-0.05, 0) is 13.0 Å². The van der Waals surface area contributed by atoms with Crippen LogP contribution in [0.4, 0.5) is 0 Å². The molecule has 0 unspecified atom stereocenters. The van der Waals surface area contributed by atoms with Crippen LogP contribution in [-0.2, 0) is 14.1 Å². The summed E-state index contributed by atoms with van der Waals surface area (Å²) in [5.74, 6) is 0. The lowest BCUT2D eigenvalue weighted by molar-refractivity contribution is 0.765. The lowest BCUT2D eigenvalue weighted by atomic mass is 10.2. The van der Waals surface area contributed by atoms with Crippen LogP contribution in [0.1, 0.15) is 5.69 Å². The fraction of sp³-hybridized carbons (Fsp3) is 0.250. The maximum atomic E-state index is 12.4. The molecule has 0 spiro atoms. The number of fused-ring (bicyclic) bond motifs is 1. The molecular formula is C12H13N5O. The maximum absolute atomic E-state index is 12.4. The first kappa shape index (κ1) is 10.8. The van der Waals surface area contributed by atoms with Crippen LogP contribution >= 0.6 is 0 Å². The monoisotopic (exact) mass is 243 g/mol. The van der Waals surface area contributed by atoms with Crippen LogP contribution in [-0.4, -0.2) is 24.0 Å². The molecule has 0 amide bonds. The quantitative estimate of drug-likeness (QED) is 0.633. The molecule has 0 N–H and O–H groups in total. The number of aromatic nitrogens is 5. The van der Waals surface area contributed by atoms with Crippen molar-refractivity contribution in [2.24, 2.45) is 14.1 Å². The Balaban J connectivity index is 2.42. The summed E-state index contributed by atoms with van der Waals surface area (Å²) < 4.78 is 5.00. The van der Waals surface area contributed by atoms with Crippen molar-refractivity contribution in [3.8, 4) is 11.3 Å². The highest BCUT2D eigenvalue weighted by atomic mass is 16.1. The first-order chi connectivity index (χ1) is 8.58. The Labute approximate surface area is 103 Å². The summed E-state index contributed by atoms with van der Waals surface area (Å²) in [7, 11) is 3.71. The zero-order chi connectivity index (χ0) is 12.9. The van der Waals surface area contributed by atoms with Crippen LogP contribution in [0.2, 0.25) is 0 Å². The van der Waals surface area contributed by atoms with Gasteiger partial charge in [-0.3, -0.25) is 9.48 Å². The highest BCUT2D eigenvalue weighted by molar-refractivity contribution is 5.59. The highest BCUT2D eigenvalue weighted by Crippen LogP contribution is 2.14. The third-order valence-corrected chi connectivity index (χ3v) is 3.02. The molecule has 3 aromatic heterocycles. The van der Waals surface area contributed by atoms with Gasteiger partial charge < -0.3 is 4.57 Å². The van der Waals surface area contributed by atoms with Gasteiger partial charge in [-0.1, -0.05) is 0 Å². The van der Waals surface area contributed by atoms with E-state index in [1.54, 1.807) is 10.9 Å². The van der Waals surface area contributed by atoms with Crippen molar-refractivity contribution in [3.05, 3.63) is 40.6 Å². The van der Waals surface area contributed by atoms with Crippen molar-refractivity contribution < 1.29 is 0 Å². The lowest BCUT2D eigenvalue weighted by Crippen LogP contribution is -2.20. The molecule has 0 atom stereocenters. The number of nitrogens with zero attached hydrogens (tertiary/aromatic N) is 5. The Morgan fingerprint density at radius 1 is 1.28 bits per heavy atom. The van der Waals surface area contributed by atoms with Gasteiger partial charge >= 0.3 is 0 Å². The van der Waals surface area contributed by atoms with Gasteiger partial charge in [0.05, 0.1) is 17.0 Å². The molecule has 18 heavy (non-hydrogen) atoms. The van der Waals surface area contributed by atoms with Gasteiger partial charge in [0, 0.05) is 32.6 Å².